The Hall–Kier alpha value is -4.28. The van der Waals surface area contributed by atoms with Gasteiger partial charge in [-0.1, -0.05) is 72.8 Å². The predicted molar refractivity (Wildman–Crippen MR) is 138 cm³/mol. The Morgan fingerprint density at radius 1 is 0.833 bits per heavy atom. The maximum atomic E-state index is 12.4. The molecule has 1 atom stereocenters. The number of esters is 1. The molecule has 0 unspecified atom stereocenters. The number of carbonyl (C=O) groups is 1. The Morgan fingerprint density at radius 2 is 1.36 bits per heavy atom. The molecule has 0 aliphatic carbocycles. The van der Waals surface area contributed by atoms with Crippen LogP contribution in [0.25, 0.3) is 11.0 Å². The molecule has 0 saturated carbocycles. The maximum Gasteiger partial charge on any atom is 0.329 e. The summed E-state index contributed by atoms with van der Waals surface area (Å²) in [5, 5.41) is 9.80. The third-order valence-corrected chi connectivity index (χ3v) is 6.63. The van der Waals surface area contributed by atoms with E-state index in [0.717, 1.165) is 18.6 Å². The number of piperazine rings is 1. The highest BCUT2D eigenvalue weighted by atomic mass is 16.5. The van der Waals surface area contributed by atoms with Crippen LogP contribution in [0.1, 0.15) is 28.8 Å². The van der Waals surface area contributed by atoms with Gasteiger partial charge in [-0.3, -0.25) is 9.69 Å². The van der Waals surface area contributed by atoms with Crippen LogP contribution in [0.3, 0.4) is 0 Å². The second kappa shape index (κ2) is 10.5. The summed E-state index contributed by atoms with van der Waals surface area (Å²) in [5.74, 6) is -1.20. The molecule has 180 valence electrons. The highest BCUT2D eigenvalue weighted by Gasteiger charge is 2.32. The van der Waals surface area contributed by atoms with Crippen molar-refractivity contribution < 1.29 is 9.53 Å². The van der Waals surface area contributed by atoms with Crippen molar-refractivity contribution in [3.8, 4) is 6.07 Å². The van der Waals surface area contributed by atoms with Gasteiger partial charge in [0.05, 0.1) is 30.3 Å². The van der Waals surface area contributed by atoms with Crippen molar-refractivity contribution in [1.29, 1.82) is 5.26 Å². The summed E-state index contributed by atoms with van der Waals surface area (Å²) >= 11 is 0. The maximum absolute atomic E-state index is 12.4. The van der Waals surface area contributed by atoms with E-state index in [2.05, 4.69) is 64.4 Å². The number of nitrogens with zero attached hydrogens (tertiary/aromatic N) is 5. The van der Waals surface area contributed by atoms with Crippen LogP contribution < -0.4 is 4.90 Å². The summed E-state index contributed by atoms with van der Waals surface area (Å²) in [6.45, 7) is 2.96. The molecule has 7 heteroatoms. The van der Waals surface area contributed by atoms with E-state index in [4.69, 9.17) is 14.7 Å². The van der Waals surface area contributed by atoms with Crippen molar-refractivity contribution in [2.24, 2.45) is 0 Å². The molecule has 0 N–H and O–H groups in total. The number of rotatable bonds is 6. The van der Waals surface area contributed by atoms with E-state index in [-0.39, 0.29) is 6.04 Å². The van der Waals surface area contributed by atoms with Gasteiger partial charge in [-0.2, -0.15) is 5.26 Å². The zero-order valence-electron chi connectivity index (χ0n) is 20.1. The molecule has 0 radical (unpaired) electrons. The number of nitriles is 1. The zero-order valence-corrected chi connectivity index (χ0v) is 20.1. The first-order chi connectivity index (χ1) is 17.7. The topological polar surface area (TPSA) is 82.3 Å². The molecular formula is C29H27N5O2. The third kappa shape index (κ3) is 4.64. The summed E-state index contributed by atoms with van der Waals surface area (Å²) in [5.41, 5.74) is 4.22. The minimum Gasteiger partial charge on any atom is -0.468 e. The number of hydrogen-bond donors (Lipinski definition) is 0. The molecule has 1 aromatic heterocycles. The molecule has 0 amide bonds. The molecule has 0 spiro atoms. The third-order valence-electron chi connectivity index (χ3n) is 6.63. The van der Waals surface area contributed by atoms with Crippen molar-refractivity contribution in [2.75, 3.05) is 38.2 Å². The van der Waals surface area contributed by atoms with E-state index in [1.54, 1.807) is 0 Å². The number of hydrogen-bond acceptors (Lipinski definition) is 7. The van der Waals surface area contributed by atoms with Gasteiger partial charge in [0.1, 0.15) is 5.69 Å². The van der Waals surface area contributed by atoms with Crippen LogP contribution >= 0.6 is 0 Å². The van der Waals surface area contributed by atoms with Crippen molar-refractivity contribution in [3.05, 3.63) is 102 Å². The minimum atomic E-state index is -1.14. The average Bonchev–Trinajstić information content (AvgIpc) is 2.94. The summed E-state index contributed by atoms with van der Waals surface area (Å²) in [7, 11) is 1.28. The van der Waals surface area contributed by atoms with Crippen LogP contribution in [0, 0.1) is 11.3 Å². The second-order valence-electron chi connectivity index (χ2n) is 8.75. The molecule has 2 heterocycles. The molecule has 0 bridgehead atoms. The Bertz CT molecular complexity index is 1340. The number of para-hydroxylation sites is 2. The first-order valence-electron chi connectivity index (χ1n) is 12.0. The van der Waals surface area contributed by atoms with Gasteiger partial charge in [0, 0.05) is 26.2 Å². The Balaban J connectivity index is 1.47. The summed E-state index contributed by atoms with van der Waals surface area (Å²) in [4.78, 5) is 26.6. The summed E-state index contributed by atoms with van der Waals surface area (Å²) in [6, 6.07) is 30.8. The van der Waals surface area contributed by atoms with Gasteiger partial charge in [0.25, 0.3) is 0 Å². The molecule has 36 heavy (non-hydrogen) atoms. The lowest BCUT2D eigenvalue weighted by molar-refractivity contribution is -0.141. The monoisotopic (exact) mass is 477 g/mol. The molecule has 1 aliphatic heterocycles. The van der Waals surface area contributed by atoms with E-state index in [9.17, 15) is 10.1 Å². The fourth-order valence-corrected chi connectivity index (χ4v) is 4.85. The van der Waals surface area contributed by atoms with Crippen LogP contribution in [-0.4, -0.2) is 54.1 Å². The lowest BCUT2D eigenvalue weighted by Crippen LogP contribution is -2.48. The predicted octanol–water partition coefficient (Wildman–Crippen LogP) is 4.32. The van der Waals surface area contributed by atoms with Crippen molar-refractivity contribution in [3.63, 3.8) is 0 Å². The number of ether oxygens (including phenoxy) is 1. The fraction of sp³-hybridized carbons (Fsp3) is 0.241. The molecule has 1 aliphatic rings. The van der Waals surface area contributed by atoms with Crippen LogP contribution in [0.5, 0.6) is 0 Å². The molecule has 1 fully saturated rings. The lowest BCUT2D eigenvalue weighted by atomic mass is 9.96. The van der Waals surface area contributed by atoms with Crippen molar-refractivity contribution in [2.45, 2.75) is 12.0 Å². The Kier molecular flexibility index (Phi) is 6.87. The summed E-state index contributed by atoms with van der Waals surface area (Å²) in [6.07, 6.45) is 0. The number of methoxy groups -OCH3 is 1. The molecule has 5 rings (SSSR count). The second-order valence-corrected chi connectivity index (χ2v) is 8.75. The van der Waals surface area contributed by atoms with Crippen LogP contribution in [-0.2, 0) is 9.53 Å². The molecule has 4 aromatic rings. The normalized spacial score (nSPS) is 15.0. The van der Waals surface area contributed by atoms with Gasteiger partial charge >= 0.3 is 5.97 Å². The SMILES string of the molecule is COC(=O)[C@@H](C#N)c1nc2ccccc2nc1N1CCN(C(c2ccccc2)c2ccccc2)CC1. The average molecular weight is 478 g/mol. The van der Waals surface area contributed by atoms with Crippen LogP contribution in [0.15, 0.2) is 84.9 Å². The highest BCUT2D eigenvalue weighted by Crippen LogP contribution is 2.32. The molecule has 3 aromatic carbocycles. The number of benzene rings is 3. The van der Waals surface area contributed by atoms with Gasteiger partial charge in [-0.15, -0.1) is 0 Å². The smallest absolute Gasteiger partial charge is 0.329 e. The van der Waals surface area contributed by atoms with Gasteiger partial charge < -0.3 is 9.64 Å². The van der Waals surface area contributed by atoms with Gasteiger partial charge in [0.15, 0.2) is 11.7 Å². The van der Waals surface area contributed by atoms with Crippen LogP contribution in [0.2, 0.25) is 0 Å². The largest absolute Gasteiger partial charge is 0.468 e. The first-order valence-corrected chi connectivity index (χ1v) is 12.0. The number of aromatic nitrogens is 2. The minimum absolute atomic E-state index is 0.138. The van der Waals surface area contributed by atoms with Gasteiger partial charge in [-0.05, 0) is 23.3 Å². The number of anilines is 1. The fourth-order valence-electron chi connectivity index (χ4n) is 4.85. The van der Waals surface area contributed by atoms with E-state index in [1.807, 2.05) is 36.4 Å². The lowest BCUT2D eigenvalue weighted by Gasteiger charge is -2.40. The molecule has 7 nitrogen and oxygen atoms in total. The van der Waals surface area contributed by atoms with Crippen molar-refractivity contribution >= 4 is 22.8 Å². The Morgan fingerprint density at radius 3 is 1.89 bits per heavy atom. The van der Waals surface area contributed by atoms with E-state index < -0.39 is 11.9 Å². The standard InChI is InChI=1S/C29H27N5O2/c1-36-29(35)23(20-30)26-28(32-25-15-9-8-14-24(25)31-26)34-18-16-33(17-19-34)27(21-10-4-2-5-11-21)22-12-6-3-7-13-22/h2-15,23,27H,16-19H2,1H3/t23-/m0/s1. The first kappa shape index (κ1) is 23.5. The highest BCUT2D eigenvalue weighted by molar-refractivity contribution is 5.85. The molecular weight excluding hydrogens is 450 g/mol. The Labute approximate surface area is 210 Å². The zero-order chi connectivity index (χ0) is 24.9. The van der Waals surface area contributed by atoms with Crippen LogP contribution in [0.4, 0.5) is 5.82 Å². The van der Waals surface area contributed by atoms with Gasteiger partial charge in [0.2, 0.25) is 0 Å². The quantitative estimate of drug-likeness (QED) is 0.383. The number of carbonyl (C=O) groups excluding carboxylic acids is 1. The van der Waals surface area contributed by atoms with E-state index in [0.29, 0.717) is 30.1 Å². The number of fused-ring (bicyclic) bond motifs is 1. The van der Waals surface area contributed by atoms with E-state index in [1.165, 1.54) is 18.2 Å². The van der Waals surface area contributed by atoms with E-state index >= 15 is 0 Å². The van der Waals surface area contributed by atoms with Crippen molar-refractivity contribution in [1.82, 2.24) is 14.9 Å². The molecule has 1 saturated heterocycles. The van der Waals surface area contributed by atoms with Gasteiger partial charge in [-0.25, -0.2) is 9.97 Å². The summed E-state index contributed by atoms with van der Waals surface area (Å²) < 4.78 is 4.90.